The first-order valence-corrected chi connectivity index (χ1v) is 8.40. The van der Waals surface area contributed by atoms with Crippen LogP contribution < -0.4 is 5.32 Å². The molecule has 1 aliphatic rings. The fraction of sp³-hybridized carbons (Fsp3) is 0.588. The molecule has 0 radical (unpaired) electrons. The Morgan fingerprint density at radius 1 is 1.25 bits per heavy atom. The lowest BCUT2D eigenvalue weighted by molar-refractivity contribution is -0.144. The predicted molar refractivity (Wildman–Crippen MR) is 90.4 cm³/mol. The number of carbonyl (C=O) groups is 2. The number of nitrogens with zero attached hydrogens (tertiary/aromatic N) is 3. The monoisotopic (exact) mass is 334 g/mol. The van der Waals surface area contributed by atoms with Gasteiger partial charge in [0, 0.05) is 39.3 Å². The number of aromatic nitrogens is 1. The van der Waals surface area contributed by atoms with Gasteiger partial charge in [0.1, 0.15) is 6.29 Å². The third-order valence-corrected chi connectivity index (χ3v) is 3.84. The van der Waals surface area contributed by atoms with E-state index in [1.54, 1.807) is 0 Å². The third-order valence-electron chi connectivity index (χ3n) is 3.84. The van der Waals surface area contributed by atoms with Gasteiger partial charge in [-0.25, -0.2) is 0 Å². The zero-order chi connectivity index (χ0) is 17.2. The number of rotatable bonds is 5. The molecule has 0 atom stereocenters. The molecule has 132 valence electrons. The molecular formula is C17H26N4O3. The van der Waals surface area contributed by atoms with Crippen LogP contribution in [-0.2, 0) is 27.4 Å². The maximum absolute atomic E-state index is 11.8. The lowest BCUT2D eigenvalue weighted by atomic mass is 10.2. The number of hydrogen-bond donors (Lipinski definition) is 1. The van der Waals surface area contributed by atoms with Crippen molar-refractivity contribution < 1.29 is 14.3 Å². The standard InChI is InChI=1S/C17H26N4O3/c1-2-24-17(23)14-21-9-7-18-6-8-20(10-11-22)12-15-4-3-5-16(13-21)19-15/h3-5,11,18H,2,6-10,12-14H2,1H3. The quantitative estimate of drug-likeness (QED) is 0.602. The van der Waals surface area contributed by atoms with Crippen molar-refractivity contribution in [1.29, 1.82) is 0 Å². The molecule has 0 unspecified atom stereocenters. The summed E-state index contributed by atoms with van der Waals surface area (Å²) in [6.07, 6.45) is 0.927. The Morgan fingerprint density at radius 2 is 1.92 bits per heavy atom. The van der Waals surface area contributed by atoms with E-state index >= 15 is 0 Å². The topological polar surface area (TPSA) is 74.8 Å². The van der Waals surface area contributed by atoms with Crippen LogP contribution >= 0.6 is 0 Å². The summed E-state index contributed by atoms with van der Waals surface area (Å²) >= 11 is 0. The van der Waals surface area contributed by atoms with Crippen molar-refractivity contribution in [3.05, 3.63) is 29.6 Å². The summed E-state index contributed by atoms with van der Waals surface area (Å²) in [6.45, 7) is 7.20. The van der Waals surface area contributed by atoms with Crippen molar-refractivity contribution in [1.82, 2.24) is 20.1 Å². The maximum atomic E-state index is 11.8. The van der Waals surface area contributed by atoms with E-state index in [1.165, 1.54) is 0 Å². The number of hydrogen-bond acceptors (Lipinski definition) is 7. The Kier molecular flexibility index (Phi) is 7.81. The van der Waals surface area contributed by atoms with Gasteiger partial charge in [0.05, 0.1) is 31.1 Å². The van der Waals surface area contributed by atoms with Crippen LogP contribution in [0.25, 0.3) is 0 Å². The fourth-order valence-electron chi connectivity index (χ4n) is 2.71. The second-order valence-electron chi connectivity index (χ2n) is 5.79. The summed E-state index contributed by atoms with van der Waals surface area (Å²) in [6, 6.07) is 5.91. The molecule has 0 spiro atoms. The lowest BCUT2D eigenvalue weighted by Gasteiger charge is -2.24. The number of ether oxygens (including phenoxy) is 1. The van der Waals surface area contributed by atoms with Gasteiger partial charge in [0.25, 0.3) is 0 Å². The molecule has 1 N–H and O–H groups in total. The normalized spacial score (nSPS) is 17.5. The van der Waals surface area contributed by atoms with E-state index < -0.39 is 0 Å². The molecule has 1 aliphatic heterocycles. The highest BCUT2D eigenvalue weighted by Gasteiger charge is 2.14. The van der Waals surface area contributed by atoms with Crippen LogP contribution in [0.3, 0.4) is 0 Å². The van der Waals surface area contributed by atoms with Gasteiger partial charge >= 0.3 is 5.97 Å². The summed E-state index contributed by atoms with van der Waals surface area (Å²) in [5.41, 5.74) is 1.86. The predicted octanol–water partition coefficient (Wildman–Crippen LogP) is 0.0508. The Balaban J connectivity index is 2.09. The molecular weight excluding hydrogens is 308 g/mol. The lowest BCUT2D eigenvalue weighted by Crippen LogP contribution is -2.39. The minimum absolute atomic E-state index is 0.210. The summed E-state index contributed by atoms with van der Waals surface area (Å²) in [7, 11) is 0. The molecule has 2 bridgehead atoms. The highest BCUT2D eigenvalue weighted by molar-refractivity contribution is 5.71. The van der Waals surface area contributed by atoms with Gasteiger partial charge in [-0.2, -0.15) is 0 Å². The summed E-state index contributed by atoms with van der Waals surface area (Å²) in [5.74, 6) is -0.210. The molecule has 2 heterocycles. The number of nitrogens with one attached hydrogen (secondary N) is 1. The van der Waals surface area contributed by atoms with Crippen molar-refractivity contribution >= 4 is 12.3 Å². The van der Waals surface area contributed by atoms with Crippen LogP contribution in [-0.4, -0.2) is 72.9 Å². The minimum atomic E-state index is -0.210. The van der Waals surface area contributed by atoms with Gasteiger partial charge in [-0.1, -0.05) is 6.07 Å². The summed E-state index contributed by atoms with van der Waals surface area (Å²) < 4.78 is 5.05. The molecule has 0 fully saturated rings. The second kappa shape index (κ2) is 10.1. The van der Waals surface area contributed by atoms with E-state index in [0.29, 0.717) is 26.2 Å². The van der Waals surface area contributed by atoms with Crippen LogP contribution in [0.4, 0.5) is 0 Å². The molecule has 0 saturated heterocycles. The number of fused-ring (bicyclic) bond motifs is 2. The van der Waals surface area contributed by atoms with Crippen molar-refractivity contribution in [3.63, 3.8) is 0 Å². The highest BCUT2D eigenvalue weighted by atomic mass is 16.5. The Morgan fingerprint density at radius 3 is 2.58 bits per heavy atom. The molecule has 7 nitrogen and oxygen atoms in total. The van der Waals surface area contributed by atoms with E-state index in [9.17, 15) is 9.59 Å². The Labute approximate surface area is 143 Å². The van der Waals surface area contributed by atoms with Crippen LogP contribution in [0, 0.1) is 0 Å². The molecule has 0 aliphatic carbocycles. The van der Waals surface area contributed by atoms with E-state index in [0.717, 1.165) is 43.9 Å². The van der Waals surface area contributed by atoms with Gasteiger partial charge in [-0.3, -0.25) is 19.6 Å². The molecule has 1 aromatic heterocycles. The van der Waals surface area contributed by atoms with E-state index in [-0.39, 0.29) is 12.5 Å². The van der Waals surface area contributed by atoms with Gasteiger partial charge in [0.2, 0.25) is 0 Å². The fourth-order valence-corrected chi connectivity index (χ4v) is 2.71. The van der Waals surface area contributed by atoms with Gasteiger partial charge in [-0.05, 0) is 19.1 Å². The van der Waals surface area contributed by atoms with Gasteiger partial charge in [0.15, 0.2) is 0 Å². The third kappa shape index (κ3) is 6.35. The molecule has 24 heavy (non-hydrogen) atoms. The average molecular weight is 334 g/mol. The van der Waals surface area contributed by atoms with Crippen LogP contribution in [0.5, 0.6) is 0 Å². The molecule has 0 saturated carbocycles. The van der Waals surface area contributed by atoms with E-state index in [4.69, 9.17) is 4.74 Å². The first kappa shape index (κ1) is 18.5. The highest BCUT2D eigenvalue weighted by Crippen LogP contribution is 2.07. The summed E-state index contributed by atoms with van der Waals surface area (Å²) in [4.78, 5) is 31.4. The molecule has 2 rings (SSSR count). The SMILES string of the molecule is CCOC(=O)CN1CCNCCN(CC=O)Cc2cccc(n2)C1. The van der Waals surface area contributed by atoms with Crippen LogP contribution in [0.15, 0.2) is 18.2 Å². The molecule has 1 aromatic rings. The maximum Gasteiger partial charge on any atom is 0.320 e. The number of esters is 1. The second-order valence-corrected chi connectivity index (χ2v) is 5.79. The van der Waals surface area contributed by atoms with Crippen molar-refractivity contribution in [2.75, 3.05) is 45.9 Å². The zero-order valence-corrected chi connectivity index (χ0v) is 14.2. The Hall–Kier alpha value is -1.83. The van der Waals surface area contributed by atoms with E-state index in [1.807, 2.05) is 30.0 Å². The van der Waals surface area contributed by atoms with Crippen molar-refractivity contribution in [2.24, 2.45) is 0 Å². The number of aldehydes is 1. The van der Waals surface area contributed by atoms with E-state index in [2.05, 4.69) is 15.2 Å². The van der Waals surface area contributed by atoms with Crippen molar-refractivity contribution in [2.45, 2.75) is 20.0 Å². The smallest absolute Gasteiger partial charge is 0.320 e. The minimum Gasteiger partial charge on any atom is -0.465 e. The summed E-state index contributed by atoms with van der Waals surface area (Å²) in [5, 5.41) is 3.36. The average Bonchev–Trinajstić information content (AvgIpc) is 2.54. The first-order chi connectivity index (χ1) is 11.7. The molecule has 0 aromatic carbocycles. The zero-order valence-electron chi connectivity index (χ0n) is 14.2. The van der Waals surface area contributed by atoms with Crippen LogP contribution in [0.1, 0.15) is 18.3 Å². The Bertz CT molecular complexity index is 538. The molecule has 7 heteroatoms. The first-order valence-electron chi connectivity index (χ1n) is 8.40. The number of pyridine rings is 1. The van der Waals surface area contributed by atoms with Crippen LogP contribution in [0.2, 0.25) is 0 Å². The molecule has 0 amide bonds. The largest absolute Gasteiger partial charge is 0.465 e. The van der Waals surface area contributed by atoms with Gasteiger partial charge in [-0.15, -0.1) is 0 Å². The number of carbonyl (C=O) groups excluding carboxylic acids is 2. The van der Waals surface area contributed by atoms with Gasteiger partial charge < -0.3 is 14.8 Å². The van der Waals surface area contributed by atoms with Crippen molar-refractivity contribution in [3.8, 4) is 0 Å².